The molecule has 0 radical (unpaired) electrons. The first-order valence-corrected chi connectivity index (χ1v) is 10.6. The lowest BCUT2D eigenvalue weighted by Gasteiger charge is -2.10. The summed E-state index contributed by atoms with van der Waals surface area (Å²) in [7, 11) is 0. The summed E-state index contributed by atoms with van der Waals surface area (Å²) in [6.45, 7) is 9.18. The van der Waals surface area contributed by atoms with Gasteiger partial charge in [-0.25, -0.2) is 0 Å². The largest absolute Gasteiger partial charge is 0.486 e. The van der Waals surface area contributed by atoms with Gasteiger partial charge in [0.1, 0.15) is 12.4 Å². The number of amides is 1. The molecule has 1 N–H and O–H groups in total. The van der Waals surface area contributed by atoms with E-state index in [1.54, 1.807) is 0 Å². The number of rotatable bonds is 8. The lowest BCUT2D eigenvalue weighted by atomic mass is 10.1. The molecule has 29 heavy (non-hydrogen) atoms. The molecule has 152 valence electrons. The van der Waals surface area contributed by atoms with Crippen LogP contribution in [0, 0.1) is 20.8 Å². The Morgan fingerprint density at radius 1 is 1.03 bits per heavy atom. The number of hydrogen-bond donors (Lipinski definition) is 1. The van der Waals surface area contributed by atoms with Crippen molar-refractivity contribution >= 4 is 23.4 Å². The molecule has 6 nitrogen and oxygen atoms in total. The van der Waals surface area contributed by atoms with Gasteiger partial charge in [-0.05, 0) is 63.1 Å². The first-order valence-electron chi connectivity index (χ1n) is 9.57. The van der Waals surface area contributed by atoms with Crippen LogP contribution in [-0.4, -0.2) is 26.4 Å². The van der Waals surface area contributed by atoms with Gasteiger partial charge in [-0.2, -0.15) is 0 Å². The first kappa shape index (κ1) is 20.9. The molecule has 0 unspecified atom stereocenters. The summed E-state index contributed by atoms with van der Waals surface area (Å²) >= 11 is 1.37. The summed E-state index contributed by atoms with van der Waals surface area (Å²) in [6, 6.07) is 13.9. The van der Waals surface area contributed by atoms with Crippen molar-refractivity contribution in [1.82, 2.24) is 14.8 Å². The number of carbonyl (C=O) groups is 1. The van der Waals surface area contributed by atoms with E-state index in [0.29, 0.717) is 18.3 Å². The predicted octanol–water partition coefficient (Wildman–Crippen LogP) is 4.53. The molecule has 0 fully saturated rings. The molecule has 1 amide bonds. The fourth-order valence-corrected chi connectivity index (χ4v) is 3.80. The quantitative estimate of drug-likeness (QED) is 0.553. The van der Waals surface area contributed by atoms with Crippen LogP contribution in [-0.2, 0) is 17.9 Å². The summed E-state index contributed by atoms with van der Waals surface area (Å²) in [5, 5.41) is 12.1. The molecule has 3 rings (SSSR count). The summed E-state index contributed by atoms with van der Waals surface area (Å²) in [5.41, 5.74) is 4.27. The second kappa shape index (κ2) is 9.60. The Balaban J connectivity index is 1.58. The van der Waals surface area contributed by atoms with Gasteiger partial charge in [-0.3, -0.25) is 4.79 Å². The first-order chi connectivity index (χ1) is 13.9. The lowest BCUT2D eigenvalue weighted by Crippen LogP contribution is -2.15. The van der Waals surface area contributed by atoms with E-state index < -0.39 is 0 Å². The number of ether oxygens (including phenoxy) is 1. The Bertz CT molecular complexity index is 963. The molecule has 7 heteroatoms. The van der Waals surface area contributed by atoms with Gasteiger partial charge in [0, 0.05) is 12.2 Å². The lowest BCUT2D eigenvalue weighted by molar-refractivity contribution is -0.113. The summed E-state index contributed by atoms with van der Waals surface area (Å²) in [6.07, 6.45) is 0. The second-order valence-corrected chi connectivity index (χ2v) is 7.90. The van der Waals surface area contributed by atoms with E-state index in [4.69, 9.17) is 4.74 Å². The van der Waals surface area contributed by atoms with Crippen LogP contribution in [0.15, 0.2) is 47.6 Å². The van der Waals surface area contributed by atoms with Gasteiger partial charge in [0.2, 0.25) is 5.91 Å². The van der Waals surface area contributed by atoms with Crippen molar-refractivity contribution in [1.29, 1.82) is 0 Å². The minimum atomic E-state index is -0.0717. The minimum Gasteiger partial charge on any atom is -0.486 e. The van der Waals surface area contributed by atoms with Crippen LogP contribution in [0.1, 0.15) is 29.4 Å². The maximum absolute atomic E-state index is 12.2. The van der Waals surface area contributed by atoms with E-state index in [2.05, 4.69) is 21.6 Å². The van der Waals surface area contributed by atoms with Crippen molar-refractivity contribution in [3.63, 3.8) is 0 Å². The maximum atomic E-state index is 12.2. The highest BCUT2D eigenvalue weighted by molar-refractivity contribution is 7.99. The molecule has 1 heterocycles. The minimum absolute atomic E-state index is 0.0717. The van der Waals surface area contributed by atoms with Gasteiger partial charge in [0.05, 0.1) is 5.75 Å². The highest BCUT2D eigenvalue weighted by Crippen LogP contribution is 2.21. The number of anilines is 1. The van der Waals surface area contributed by atoms with Gasteiger partial charge < -0.3 is 14.6 Å². The van der Waals surface area contributed by atoms with Gasteiger partial charge >= 0.3 is 0 Å². The number of hydrogen-bond acceptors (Lipinski definition) is 5. The number of nitrogens with zero attached hydrogens (tertiary/aromatic N) is 3. The van der Waals surface area contributed by atoms with E-state index in [1.807, 2.05) is 68.7 Å². The summed E-state index contributed by atoms with van der Waals surface area (Å²) in [5.74, 6) is 1.76. The zero-order chi connectivity index (χ0) is 20.8. The van der Waals surface area contributed by atoms with E-state index in [9.17, 15) is 4.79 Å². The van der Waals surface area contributed by atoms with Crippen molar-refractivity contribution in [3.8, 4) is 5.75 Å². The molecule has 0 aliphatic rings. The SMILES string of the molecule is CCn1c(COc2cc(C)cc(C)c2)nnc1SCC(=O)Nc1ccc(C)cc1. The molecule has 2 aromatic carbocycles. The molecule has 0 saturated carbocycles. The molecular formula is C22H26N4O2S. The van der Waals surface area contributed by atoms with Crippen molar-refractivity contribution in [2.24, 2.45) is 0 Å². The number of carbonyl (C=O) groups excluding carboxylic acids is 1. The fourth-order valence-electron chi connectivity index (χ4n) is 2.98. The van der Waals surface area contributed by atoms with E-state index in [-0.39, 0.29) is 11.7 Å². The van der Waals surface area contributed by atoms with Crippen LogP contribution in [0.25, 0.3) is 0 Å². The number of aromatic nitrogens is 3. The molecule has 0 spiro atoms. The van der Waals surface area contributed by atoms with Crippen LogP contribution in [0.2, 0.25) is 0 Å². The van der Waals surface area contributed by atoms with Crippen molar-refractivity contribution < 1.29 is 9.53 Å². The zero-order valence-electron chi connectivity index (χ0n) is 17.2. The Hall–Kier alpha value is -2.80. The Morgan fingerprint density at radius 3 is 2.38 bits per heavy atom. The van der Waals surface area contributed by atoms with Crippen LogP contribution in [0.5, 0.6) is 5.75 Å². The van der Waals surface area contributed by atoms with Crippen LogP contribution < -0.4 is 10.1 Å². The highest BCUT2D eigenvalue weighted by atomic mass is 32.2. The third-order valence-corrected chi connectivity index (χ3v) is 5.31. The molecule has 0 aliphatic heterocycles. The molecular weight excluding hydrogens is 384 g/mol. The number of nitrogens with one attached hydrogen (secondary N) is 1. The third kappa shape index (κ3) is 5.84. The third-order valence-electron chi connectivity index (χ3n) is 4.34. The number of thioether (sulfide) groups is 1. The molecule has 0 aliphatic carbocycles. The Kier molecular flexibility index (Phi) is 6.93. The van der Waals surface area contributed by atoms with Crippen molar-refractivity contribution in [2.45, 2.75) is 46.0 Å². The number of benzene rings is 2. The van der Waals surface area contributed by atoms with Crippen LogP contribution >= 0.6 is 11.8 Å². The Morgan fingerprint density at radius 2 is 1.72 bits per heavy atom. The molecule has 3 aromatic rings. The molecule has 0 atom stereocenters. The molecule has 0 saturated heterocycles. The standard InChI is InChI=1S/C22H26N4O2S/c1-5-26-20(13-28-19-11-16(3)10-17(4)12-19)24-25-22(26)29-14-21(27)23-18-8-6-15(2)7-9-18/h6-12H,5,13-14H2,1-4H3,(H,23,27). The average molecular weight is 411 g/mol. The van der Waals surface area contributed by atoms with Gasteiger partial charge in [0.15, 0.2) is 11.0 Å². The zero-order valence-corrected chi connectivity index (χ0v) is 18.0. The normalized spacial score (nSPS) is 10.8. The predicted molar refractivity (Wildman–Crippen MR) is 116 cm³/mol. The summed E-state index contributed by atoms with van der Waals surface area (Å²) < 4.78 is 7.89. The monoisotopic (exact) mass is 410 g/mol. The van der Waals surface area contributed by atoms with Gasteiger partial charge in [0.25, 0.3) is 0 Å². The van der Waals surface area contributed by atoms with E-state index in [1.165, 1.54) is 11.8 Å². The maximum Gasteiger partial charge on any atom is 0.234 e. The van der Waals surface area contributed by atoms with Crippen LogP contribution in [0.4, 0.5) is 5.69 Å². The average Bonchev–Trinajstić information content (AvgIpc) is 3.07. The fraction of sp³-hybridized carbons (Fsp3) is 0.318. The van der Waals surface area contributed by atoms with Gasteiger partial charge in [-0.15, -0.1) is 10.2 Å². The number of aryl methyl sites for hydroxylation is 3. The van der Waals surface area contributed by atoms with Crippen molar-refractivity contribution in [3.05, 3.63) is 65.0 Å². The van der Waals surface area contributed by atoms with E-state index in [0.717, 1.165) is 34.0 Å². The molecule has 0 bridgehead atoms. The van der Waals surface area contributed by atoms with Crippen molar-refractivity contribution in [2.75, 3.05) is 11.1 Å². The second-order valence-electron chi connectivity index (χ2n) is 6.96. The van der Waals surface area contributed by atoms with Crippen LogP contribution in [0.3, 0.4) is 0 Å². The Labute approximate surface area is 175 Å². The summed E-state index contributed by atoms with van der Waals surface area (Å²) in [4.78, 5) is 12.2. The van der Waals surface area contributed by atoms with Gasteiger partial charge in [-0.1, -0.05) is 35.5 Å². The topological polar surface area (TPSA) is 69.0 Å². The highest BCUT2D eigenvalue weighted by Gasteiger charge is 2.14. The molecule has 1 aromatic heterocycles. The smallest absolute Gasteiger partial charge is 0.234 e. The van der Waals surface area contributed by atoms with E-state index >= 15 is 0 Å².